The van der Waals surface area contributed by atoms with Crippen molar-refractivity contribution in [2.75, 3.05) is 37.1 Å². The van der Waals surface area contributed by atoms with Crippen LogP contribution in [-0.4, -0.2) is 48.6 Å². The van der Waals surface area contributed by atoms with Gasteiger partial charge in [0.25, 0.3) is 5.91 Å². The zero-order chi connectivity index (χ0) is 18.5. The molecule has 0 radical (unpaired) electrons. The van der Waals surface area contributed by atoms with Crippen molar-refractivity contribution in [2.45, 2.75) is 18.9 Å². The Labute approximate surface area is 157 Å². The summed E-state index contributed by atoms with van der Waals surface area (Å²) in [5, 5.41) is 8.11. The highest BCUT2D eigenvalue weighted by Gasteiger charge is 2.30. The SMILES string of the molecule is COCCOc1ccc(N[C@@H]2CCCN(c3ccn(C)n3)C2=O)cc1Cl. The molecule has 1 aromatic heterocycles. The second-order valence-corrected chi connectivity index (χ2v) is 6.57. The normalized spacial score (nSPS) is 17.4. The quantitative estimate of drug-likeness (QED) is 0.750. The summed E-state index contributed by atoms with van der Waals surface area (Å²) in [5.74, 6) is 1.30. The molecule has 26 heavy (non-hydrogen) atoms. The highest BCUT2D eigenvalue weighted by Crippen LogP contribution is 2.29. The van der Waals surface area contributed by atoms with Gasteiger partial charge in [0.05, 0.1) is 11.6 Å². The van der Waals surface area contributed by atoms with Gasteiger partial charge in [0, 0.05) is 38.7 Å². The molecule has 0 bridgehead atoms. The lowest BCUT2D eigenvalue weighted by atomic mass is 10.0. The van der Waals surface area contributed by atoms with Crippen LogP contribution in [0.5, 0.6) is 5.75 Å². The standard InChI is InChI=1S/C18H23ClN4O3/c1-22-9-7-17(21-22)23-8-3-4-15(18(23)24)20-13-5-6-16(14(19)12-13)26-11-10-25-2/h5-7,9,12,15,20H,3-4,8,10-11H2,1-2H3/t15-/m1/s1. The Morgan fingerprint density at radius 3 is 2.88 bits per heavy atom. The Kier molecular flexibility index (Phi) is 6.00. The lowest BCUT2D eigenvalue weighted by molar-refractivity contribution is -0.120. The highest BCUT2D eigenvalue weighted by molar-refractivity contribution is 6.32. The summed E-state index contributed by atoms with van der Waals surface area (Å²) in [4.78, 5) is 14.5. The third-order valence-corrected chi connectivity index (χ3v) is 4.53. The molecule has 2 heterocycles. The summed E-state index contributed by atoms with van der Waals surface area (Å²) in [5.41, 5.74) is 0.787. The predicted octanol–water partition coefficient (Wildman–Crippen LogP) is 2.71. The van der Waals surface area contributed by atoms with E-state index in [1.54, 1.807) is 28.8 Å². The Balaban J connectivity index is 1.66. The van der Waals surface area contributed by atoms with Crippen molar-refractivity contribution in [1.29, 1.82) is 0 Å². The van der Waals surface area contributed by atoms with E-state index in [1.807, 2.05) is 25.4 Å². The maximum atomic E-state index is 12.8. The molecule has 0 aliphatic carbocycles. The number of anilines is 2. The van der Waals surface area contributed by atoms with Gasteiger partial charge in [0.2, 0.25) is 0 Å². The second-order valence-electron chi connectivity index (χ2n) is 6.16. The fraction of sp³-hybridized carbons (Fsp3) is 0.444. The molecule has 3 rings (SSSR count). The number of hydrogen-bond donors (Lipinski definition) is 1. The average molecular weight is 379 g/mol. The highest BCUT2D eigenvalue weighted by atomic mass is 35.5. The number of carbonyl (C=O) groups is 1. The van der Waals surface area contributed by atoms with E-state index in [0.717, 1.165) is 18.5 Å². The van der Waals surface area contributed by atoms with E-state index in [9.17, 15) is 4.79 Å². The molecule has 0 saturated carbocycles. The molecule has 0 unspecified atom stereocenters. The lowest BCUT2D eigenvalue weighted by Crippen LogP contribution is -2.48. The molecule has 2 aromatic rings. The van der Waals surface area contributed by atoms with Gasteiger partial charge in [-0.2, -0.15) is 5.10 Å². The molecular formula is C18H23ClN4O3. The monoisotopic (exact) mass is 378 g/mol. The maximum absolute atomic E-state index is 12.8. The molecule has 8 heteroatoms. The van der Waals surface area contributed by atoms with E-state index in [0.29, 0.717) is 36.3 Å². The van der Waals surface area contributed by atoms with Gasteiger partial charge < -0.3 is 14.8 Å². The number of aromatic nitrogens is 2. The summed E-state index contributed by atoms with van der Waals surface area (Å²) in [6, 6.07) is 6.98. The van der Waals surface area contributed by atoms with E-state index in [-0.39, 0.29) is 11.9 Å². The van der Waals surface area contributed by atoms with Crippen LogP contribution in [0.2, 0.25) is 5.02 Å². The van der Waals surface area contributed by atoms with Gasteiger partial charge in [-0.05, 0) is 31.0 Å². The van der Waals surface area contributed by atoms with Crippen LogP contribution in [0.1, 0.15) is 12.8 Å². The second kappa shape index (κ2) is 8.42. The first-order valence-electron chi connectivity index (χ1n) is 8.57. The van der Waals surface area contributed by atoms with Crippen LogP contribution >= 0.6 is 11.6 Å². The minimum atomic E-state index is -0.304. The number of ether oxygens (including phenoxy) is 2. The van der Waals surface area contributed by atoms with Crippen LogP contribution in [0.15, 0.2) is 30.5 Å². The van der Waals surface area contributed by atoms with E-state index >= 15 is 0 Å². The summed E-state index contributed by atoms with van der Waals surface area (Å²) in [6.07, 6.45) is 3.51. The first-order chi connectivity index (χ1) is 12.6. The number of piperidine rings is 1. The average Bonchev–Trinajstić information content (AvgIpc) is 3.05. The summed E-state index contributed by atoms with van der Waals surface area (Å²) in [6.45, 7) is 1.61. The minimum Gasteiger partial charge on any atom is -0.490 e. The first kappa shape index (κ1) is 18.5. The van der Waals surface area contributed by atoms with Crippen molar-refractivity contribution >= 4 is 29.0 Å². The van der Waals surface area contributed by atoms with Crippen LogP contribution in [0, 0.1) is 0 Å². The summed E-state index contributed by atoms with van der Waals surface area (Å²) < 4.78 is 12.2. The van der Waals surface area contributed by atoms with Crippen molar-refractivity contribution in [3.05, 3.63) is 35.5 Å². The number of benzene rings is 1. The van der Waals surface area contributed by atoms with Gasteiger partial charge in [0.1, 0.15) is 18.4 Å². The number of amides is 1. The van der Waals surface area contributed by atoms with E-state index < -0.39 is 0 Å². The first-order valence-corrected chi connectivity index (χ1v) is 8.95. The number of methoxy groups -OCH3 is 1. The van der Waals surface area contributed by atoms with Crippen molar-refractivity contribution in [1.82, 2.24) is 9.78 Å². The zero-order valence-corrected chi connectivity index (χ0v) is 15.7. The molecule has 1 atom stereocenters. The van der Waals surface area contributed by atoms with Gasteiger partial charge in [-0.1, -0.05) is 11.6 Å². The number of nitrogens with zero attached hydrogens (tertiary/aromatic N) is 3. The molecule has 0 spiro atoms. The number of aryl methyl sites for hydroxylation is 1. The Morgan fingerprint density at radius 2 is 2.19 bits per heavy atom. The maximum Gasteiger partial charge on any atom is 0.250 e. The van der Waals surface area contributed by atoms with Gasteiger partial charge >= 0.3 is 0 Å². The molecule has 1 N–H and O–H groups in total. The molecule has 1 aliphatic heterocycles. The minimum absolute atomic E-state index is 0.0199. The van der Waals surface area contributed by atoms with Gasteiger partial charge in [-0.15, -0.1) is 0 Å². The summed E-state index contributed by atoms with van der Waals surface area (Å²) in [7, 11) is 3.46. The molecular weight excluding hydrogens is 356 g/mol. The van der Waals surface area contributed by atoms with Gasteiger partial charge in [-0.3, -0.25) is 14.4 Å². The fourth-order valence-corrected chi connectivity index (χ4v) is 3.16. The Bertz CT molecular complexity index is 765. The number of rotatable bonds is 7. The van der Waals surface area contributed by atoms with Crippen molar-refractivity contribution in [3.8, 4) is 5.75 Å². The Morgan fingerprint density at radius 1 is 1.35 bits per heavy atom. The van der Waals surface area contributed by atoms with E-state index in [1.165, 1.54) is 0 Å². The molecule has 1 amide bonds. The Hall–Kier alpha value is -2.25. The van der Waals surface area contributed by atoms with Crippen molar-refractivity contribution in [2.24, 2.45) is 7.05 Å². The molecule has 7 nitrogen and oxygen atoms in total. The molecule has 1 aromatic carbocycles. The van der Waals surface area contributed by atoms with Crippen molar-refractivity contribution in [3.63, 3.8) is 0 Å². The van der Waals surface area contributed by atoms with Crippen molar-refractivity contribution < 1.29 is 14.3 Å². The number of hydrogen-bond acceptors (Lipinski definition) is 5. The van der Waals surface area contributed by atoms with Gasteiger partial charge in [0.15, 0.2) is 5.82 Å². The predicted molar refractivity (Wildman–Crippen MR) is 101 cm³/mol. The third-order valence-electron chi connectivity index (χ3n) is 4.23. The third kappa shape index (κ3) is 4.28. The fourth-order valence-electron chi connectivity index (χ4n) is 2.93. The number of carbonyl (C=O) groups excluding carboxylic acids is 1. The van der Waals surface area contributed by atoms with Crippen LogP contribution in [0.3, 0.4) is 0 Å². The molecule has 1 saturated heterocycles. The summed E-state index contributed by atoms with van der Waals surface area (Å²) >= 11 is 6.28. The smallest absolute Gasteiger partial charge is 0.250 e. The van der Waals surface area contributed by atoms with Crippen LogP contribution in [0.4, 0.5) is 11.5 Å². The van der Waals surface area contributed by atoms with Crippen LogP contribution < -0.4 is 15.0 Å². The topological polar surface area (TPSA) is 68.6 Å². The van der Waals surface area contributed by atoms with Gasteiger partial charge in [-0.25, -0.2) is 0 Å². The lowest BCUT2D eigenvalue weighted by Gasteiger charge is -2.31. The number of halogens is 1. The molecule has 1 fully saturated rings. The molecule has 1 aliphatic rings. The zero-order valence-electron chi connectivity index (χ0n) is 14.9. The van der Waals surface area contributed by atoms with E-state index in [4.69, 9.17) is 21.1 Å². The number of nitrogens with one attached hydrogen (secondary N) is 1. The van der Waals surface area contributed by atoms with E-state index in [2.05, 4.69) is 10.4 Å². The molecule has 140 valence electrons. The van der Waals surface area contributed by atoms with Crippen LogP contribution in [0.25, 0.3) is 0 Å². The largest absolute Gasteiger partial charge is 0.490 e. The van der Waals surface area contributed by atoms with Crippen LogP contribution in [-0.2, 0) is 16.6 Å².